The second-order valence-corrected chi connectivity index (χ2v) is 7.61. The zero-order chi connectivity index (χ0) is 19.8. The number of hydrogen-bond acceptors (Lipinski definition) is 3. The van der Waals surface area contributed by atoms with Crippen LogP contribution in [0.15, 0.2) is 52.2 Å². The molecular weight excluding hydrogens is 423 g/mol. The van der Waals surface area contributed by atoms with Crippen molar-refractivity contribution >= 4 is 15.9 Å². The molecule has 27 heavy (non-hydrogen) atoms. The molecule has 3 nitrogen and oxygen atoms in total. The zero-order valence-electron chi connectivity index (χ0n) is 14.6. The fourth-order valence-corrected chi connectivity index (χ4v) is 4.27. The maximum atomic E-state index is 15.0. The van der Waals surface area contributed by atoms with Crippen LogP contribution >= 0.6 is 15.9 Å². The molecule has 1 aliphatic carbocycles. The van der Waals surface area contributed by atoms with Gasteiger partial charge in [0.1, 0.15) is 22.9 Å². The molecule has 0 bridgehead atoms. The summed E-state index contributed by atoms with van der Waals surface area (Å²) in [5.41, 5.74) is -0.990. The highest BCUT2D eigenvalue weighted by molar-refractivity contribution is 9.11. The summed E-state index contributed by atoms with van der Waals surface area (Å²) < 4.78 is 55.5. The van der Waals surface area contributed by atoms with Gasteiger partial charge >= 0.3 is 0 Å². The minimum atomic E-state index is -1.98. The molecule has 1 saturated heterocycles. The van der Waals surface area contributed by atoms with Crippen molar-refractivity contribution in [3.8, 4) is 11.8 Å². The van der Waals surface area contributed by atoms with Crippen molar-refractivity contribution in [2.75, 3.05) is 6.61 Å². The van der Waals surface area contributed by atoms with Crippen molar-refractivity contribution in [1.82, 2.24) is 0 Å². The predicted molar refractivity (Wildman–Crippen MR) is 98.3 cm³/mol. The molecule has 1 spiro atoms. The first-order chi connectivity index (χ1) is 12.8. The Balaban J connectivity index is 2.13. The summed E-state index contributed by atoms with van der Waals surface area (Å²) in [7, 11) is 0. The minimum absolute atomic E-state index is 0.00331. The van der Waals surface area contributed by atoms with Crippen molar-refractivity contribution in [3.63, 3.8) is 0 Å². The third kappa shape index (κ3) is 3.32. The number of halogens is 4. The van der Waals surface area contributed by atoms with Gasteiger partial charge in [-0.2, -0.15) is 5.26 Å². The fourth-order valence-electron chi connectivity index (χ4n) is 3.72. The van der Waals surface area contributed by atoms with Gasteiger partial charge in [0, 0.05) is 23.8 Å². The standard InChI is InChI=1S/C20H17BrF3NO2/c1-3-15(27-14-8-12(10-25)7-13(22)9-14)16-17(11(2)21)20(5-4-6-26-20)19(24)18(16)23/h3,7-9,18-19H,1,4-6H2,2H3/b16-15?,17-11-. The van der Waals surface area contributed by atoms with E-state index in [1.807, 2.05) is 6.07 Å². The second-order valence-electron chi connectivity index (χ2n) is 6.43. The number of alkyl halides is 2. The highest BCUT2D eigenvalue weighted by Crippen LogP contribution is 2.53. The van der Waals surface area contributed by atoms with Crippen LogP contribution < -0.4 is 4.74 Å². The predicted octanol–water partition coefficient (Wildman–Crippen LogP) is 5.42. The summed E-state index contributed by atoms with van der Waals surface area (Å²) in [4.78, 5) is 0. The zero-order valence-corrected chi connectivity index (χ0v) is 16.2. The molecule has 2 fully saturated rings. The molecular formula is C20H17BrF3NO2. The Hall–Kier alpha value is -2.04. The Morgan fingerprint density at radius 2 is 2.19 bits per heavy atom. The van der Waals surface area contributed by atoms with Crippen LogP contribution in [-0.2, 0) is 4.74 Å². The molecule has 1 aromatic carbocycles. The molecule has 1 aromatic rings. The van der Waals surface area contributed by atoms with Crippen molar-refractivity contribution < 1.29 is 22.6 Å². The quantitative estimate of drug-likeness (QED) is 0.590. The molecule has 0 radical (unpaired) electrons. The number of ether oxygens (including phenoxy) is 2. The molecule has 7 heteroatoms. The maximum Gasteiger partial charge on any atom is 0.168 e. The first-order valence-corrected chi connectivity index (χ1v) is 9.18. The smallest absolute Gasteiger partial charge is 0.168 e. The van der Waals surface area contributed by atoms with Crippen LogP contribution in [0.3, 0.4) is 0 Å². The highest BCUT2D eigenvalue weighted by atomic mass is 79.9. The van der Waals surface area contributed by atoms with E-state index in [1.165, 1.54) is 12.1 Å². The van der Waals surface area contributed by atoms with E-state index in [-0.39, 0.29) is 22.6 Å². The number of allylic oxidation sites excluding steroid dienone is 2. The lowest BCUT2D eigenvalue weighted by Crippen LogP contribution is -2.38. The van der Waals surface area contributed by atoms with E-state index in [9.17, 15) is 8.78 Å². The van der Waals surface area contributed by atoms with E-state index in [2.05, 4.69) is 22.5 Å². The van der Waals surface area contributed by atoms with Crippen LogP contribution in [0.4, 0.5) is 13.2 Å². The van der Waals surface area contributed by atoms with Crippen LogP contribution in [0.2, 0.25) is 0 Å². The van der Waals surface area contributed by atoms with E-state index < -0.39 is 23.8 Å². The monoisotopic (exact) mass is 439 g/mol. The summed E-state index contributed by atoms with van der Waals surface area (Å²) in [6, 6.07) is 5.24. The molecule has 2 aliphatic rings. The van der Waals surface area contributed by atoms with Gasteiger partial charge in [-0.25, -0.2) is 13.2 Å². The van der Waals surface area contributed by atoms with E-state index in [4.69, 9.17) is 14.7 Å². The lowest BCUT2D eigenvalue weighted by atomic mass is 9.91. The fraction of sp³-hybridized carbons (Fsp3) is 0.350. The van der Waals surface area contributed by atoms with Crippen LogP contribution in [0.1, 0.15) is 25.3 Å². The highest BCUT2D eigenvalue weighted by Gasteiger charge is 2.60. The van der Waals surface area contributed by atoms with Crippen LogP contribution in [0, 0.1) is 17.1 Å². The van der Waals surface area contributed by atoms with Crippen LogP contribution in [0.25, 0.3) is 0 Å². The second kappa shape index (κ2) is 7.53. The number of nitriles is 1. The molecule has 0 amide bonds. The van der Waals surface area contributed by atoms with Crippen LogP contribution in [0.5, 0.6) is 5.75 Å². The molecule has 142 valence electrons. The number of rotatable bonds is 3. The van der Waals surface area contributed by atoms with Gasteiger partial charge in [-0.3, -0.25) is 0 Å². The Kier molecular flexibility index (Phi) is 5.50. The Morgan fingerprint density at radius 1 is 1.44 bits per heavy atom. The molecule has 1 aliphatic heterocycles. The molecule has 3 atom stereocenters. The molecule has 1 heterocycles. The van der Waals surface area contributed by atoms with E-state index in [0.717, 1.165) is 12.1 Å². The minimum Gasteiger partial charge on any atom is -0.457 e. The van der Waals surface area contributed by atoms with E-state index in [0.29, 0.717) is 29.5 Å². The summed E-state index contributed by atoms with van der Waals surface area (Å²) in [6.45, 7) is 5.64. The maximum absolute atomic E-state index is 15.0. The van der Waals surface area contributed by atoms with Crippen LogP contribution in [-0.4, -0.2) is 24.6 Å². The SMILES string of the molecule is C=CC(Oc1cc(F)cc(C#N)c1)=C1/C(=C(\C)Br)C2(CCCO2)C(F)C1F. The normalized spacial score (nSPS) is 31.0. The largest absolute Gasteiger partial charge is 0.457 e. The first-order valence-electron chi connectivity index (χ1n) is 8.38. The van der Waals surface area contributed by atoms with Gasteiger partial charge in [-0.15, -0.1) is 0 Å². The molecule has 3 rings (SSSR count). The van der Waals surface area contributed by atoms with Crippen molar-refractivity contribution in [3.05, 3.63) is 63.6 Å². The Labute approximate surface area is 163 Å². The van der Waals surface area contributed by atoms with Gasteiger partial charge in [-0.05, 0) is 42.5 Å². The third-order valence-corrected chi connectivity index (χ3v) is 5.14. The van der Waals surface area contributed by atoms with Gasteiger partial charge in [0.05, 0.1) is 11.6 Å². The van der Waals surface area contributed by atoms with Gasteiger partial charge in [-0.1, -0.05) is 22.5 Å². The van der Waals surface area contributed by atoms with Gasteiger partial charge in [0.15, 0.2) is 12.3 Å². The van der Waals surface area contributed by atoms with Crippen molar-refractivity contribution in [2.24, 2.45) is 0 Å². The van der Waals surface area contributed by atoms with Crippen molar-refractivity contribution in [2.45, 2.75) is 37.7 Å². The summed E-state index contributed by atoms with van der Waals surface area (Å²) in [6.07, 6.45) is -1.67. The average Bonchev–Trinajstić information content (AvgIpc) is 3.19. The molecule has 3 unspecified atom stereocenters. The number of nitrogens with zero attached hydrogens (tertiary/aromatic N) is 1. The number of hydrogen-bond donors (Lipinski definition) is 0. The Morgan fingerprint density at radius 3 is 2.74 bits per heavy atom. The Bertz CT molecular complexity index is 878. The average molecular weight is 440 g/mol. The molecule has 0 aromatic heterocycles. The van der Waals surface area contributed by atoms with E-state index >= 15 is 4.39 Å². The van der Waals surface area contributed by atoms with E-state index in [1.54, 1.807) is 6.92 Å². The summed E-state index contributed by atoms with van der Waals surface area (Å²) in [5.74, 6) is -0.718. The van der Waals surface area contributed by atoms with Gasteiger partial charge in [0.25, 0.3) is 0 Å². The summed E-state index contributed by atoms with van der Waals surface area (Å²) in [5, 5.41) is 8.98. The van der Waals surface area contributed by atoms with Gasteiger partial charge in [0.2, 0.25) is 0 Å². The number of benzene rings is 1. The summed E-state index contributed by atoms with van der Waals surface area (Å²) >= 11 is 3.34. The topological polar surface area (TPSA) is 42.2 Å². The molecule has 0 N–H and O–H groups in total. The lowest BCUT2D eigenvalue weighted by Gasteiger charge is -2.27. The van der Waals surface area contributed by atoms with Gasteiger partial charge < -0.3 is 9.47 Å². The lowest BCUT2D eigenvalue weighted by molar-refractivity contribution is -0.0293. The molecule has 1 saturated carbocycles. The van der Waals surface area contributed by atoms with Crippen molar-refractivity contribution in [1.29, 1.82) is 5.26 Å². The third-order valence-electron chi connectivity index (χ3n) is 4.75. The first kappa shape index (κ1) is 19.7.